The first-order chi connectivity index (χ1) is 48.3. The van der Waals surface area contributed by atoms with Gasteiger partial charge in [0, 0.05) is 63.6 Å². The van der Waals surface area contributed by atoms with Gasteiger partial charge in [0.15, 0.2) is 0 Å². The van der Waals surface area contributed by atoms with Crippen LogP contribution in [0.5, 0.6) is 0 Å². The molecule has 7 aromatic rings. The molecule has 8 amide bonds. The van der Waals surface area contributed by atoms with Crippen molar-refractivity contribution < 1.29 is 67.2 Å². The topological polar surface area (TPSA) is 467 Å². The van der Waals surface area contributed by atoms with Gasteiger partial charge in [-0.25, -0.2) is 52.4 Å². The molecule has 101 heavy (non-hydrogen) atoms. The molecule has 0 aliphatic carbocycles. The number of nitrogens with zero attached hydrogens (tertiary/aromatic N) is 11. The number of rotatable bonds is 34. The minimum Gasteiger partial charge on any atom is -0.480 e. The Kier molecular flexibility index (Phi) is 27.8. The van der Waals surface area contributed by atoms with Crippen LogP contribution in [0.25, 0.3) is 0 Å². The zero-order chi connectivity index (χ0) is 72.8. The number of ether oxygens (including phenoxy) is 4. The van der Waals surface area contributed by atoms with E-state index in [0.29, 0.717) is 16.7 Å². The molecule has 0 bridgehead atoms. The zero-order valence-corrected chi connectivity index (χ0v) is 54.8. The predicted molar refractivity (Wildman–Crippen MR) is 359 cm³/mol. The third kappa shape index (κ3) is 26.1. The molecule has 38 heteroatoms. The quantitative estimate of drug-likeness (QED) is 0.0222. The SMILES string of the molecule is CC(C)(C)OC(=O)NCCN(CC(=O)NCCN(CC(=O)NCCN(CC(=O)NCCN(CC(=O)O)n1ccc(NC(=O)OCc2ccccc2)nc1=O)n1ccc(NC(=O)OCc2ccccc2)nc1=O)n1ccc(NC(=O)OCc2ccccc2)nc1=O)C(=O)Cn1ccc(=O)[nH]c1=O. The highest BCUT2D eigenvalue weighted by molar-refractivity contribution is 5.86. The van der Waals surface area contributed by atoms with Crippen LogP contribution in [0, 0.1) is 0 Å². The molecule has 4 heterocycles. The first-order valence-electron chi connectivity index (χ1n) is 30.9. The Morgan fingerprint density at radius 1 is 0.455 bits per heavy atom. The highest BCUT2D eigenvalue weighted by Gasteiger charge is 2.24. The minimum absolute atomic E-state index is 0.0833. The van der Waals surface area contributed by atoms with Crippen LogP contribution < -0.4 is 80.6 Å². The van der Waals surface area contributed by atoms with Gasteiger partial charge in [0.25, 0.3) is 5.56 Å². The molecule has 0 aliphatic rings. The van der Waals surface area contributed by atoms with E-state index >= 15 is 0 Å². The van der Waals surface area contributed by atoms with Crippen molar-refractivity contribution in [1.82, 2.24) is 64.7 Å². The summed E-state index contributed by atoms with van der Waals surface area (Å²) in [7, 11) is 0. The van der Waals surface area contributed by atoms with Gasteiger partial charge in [0.1, 0.15) is 69.1 Å². The minimum atomic E-state index is -1.38. The van der Waals surface area contributed by atoms with Crippen molar-refractivity contribution in [2.75, 3.05) is 110 Å². The molecule has 0 saturated carbocycles. The molecule has 38 nitrogen and oxygen atoms in total. The van der Waals surface area contributed by atoms with E-state index < -0.39 is 121 Å². The standard InChI is InChI=1S/C63H73N19O19/c1-63(2,3)101-59(94)67-23-31-75(53(87)38-76-27-22-49(83)74-55(76)90)35-50(84)64-24-32-77(80-28-19-46(68-56(80)91)71-60(95)98-40-43-13-7-4-8-14-43)36-51(85)65-25-33-78(81-29-20-47(69-57(81)92)72-61(96)99-41-44-15-9-5-10-16-44)37-52(86)66-26-34-79(39-54(88)89)82-30-21-48(70-58(82)93)73-62(97)100-42-45-17-11-6-12-18-45/h4-22,27-30H,23-26,31-42H2,1-3H3,(H,64,84)(H,65,85)(H,66,86)(H,67,94)(H,88,89)(H,74,83,90)(H,68,71,91,95)(H,69,72,92,96)(H,70,73,93,97). The van der Waals surface area contributed by atoms with Gasteiger partial charge >= 0.3 is 53.1 Å². The van der Waals surface area contributed by atoms with Crippen LogP contribution in [-0.4, -0.2) is 187 Å². The Labute approximate surface area is 572 Å². The summed E-state index contributed by atoms with van der Waals surface area (Å²) in [6, 6.07) is 30.8. The maximum Gasteiger partial charge on any atom is 0.413 e. The van der Waals surface area contributed by atoms with Crippen LogP contribution in [0.2, 0.25) is 0 Å². The lowest BCUT2D eigenvalue weighted by molar-refractivity contribution is -0.136. The van der Waals surface area contributed by atoms with Gasteiger partial charge in [0.05, 0.1) is 26.2 Å². The lowest BCUT2D eigenvalue weighted by atomic mass is 10.2. The molecule has 0 fully saturated rings. The maximum atomic E-state index is 14.0. The number of anilines is 3. The average Bonchev–Trinajstić information content (AvgIpc) is 0.850. The second-order valence-corrected chi connectivity index (χ2v) is 22.5. The van der Waals surface area contributed by atoms with E-state index in [-0.39, 0.29) is 89.6 Å². The smallest absolute Gasteiger partial charge is 0.413 e. The number of H-pyrrole nitrogens is 1. The fraction of sp³-hybridized carbons (Fsp3) is 0.317. The van der Waals surface area contributed by atoms with Crippen molar-refractivity contribution in [1.29, 1.82) is 0 Å². The van der Waals surface area contributed by atoms with E-state index in [0.717, 1.165) is 69.4 Å². The third-order valence-electron chi connectivity index (χ3n) is 13.6. The molecule has 0 aliphatic heterocycles. The van der Waals surface area contributed by atoms with Crippen LogP contribution in [0.1, 0.15) is 37.5 Å². The summed E-state index contributed by atoms with van der Waals surface area (Å²) in [5, 5.41) is 30.4. The number of carboxylic acid groups (broad SMARTS) is 1. The second kappa shape index (κ2) is 37.4. The summed E-state index contributed by atoms with van der Waals surface area (Å²) in [6.07, 6.45) is 0.874. The number of carboxylic acids is 1. The predicted octanol–water partition coefficient (Wildman–Crippen LogP) is -0.846. The fourth-order valence-electron chi connectivity index (χ4n) is 8.94. The number of benzene rings is 3. The van der Waals surface area contributed by atoms with Crippen LogP contribution in [0.4, 0.5) is 36.6 Å². The van der Waals surface area contributed by atoms with Crippen LogP contribution in [-0.2, 0) is 69.3 Å². The number of carbonyl (C=O) groups excluding carboxylic acids is 8. The number of aromatic amines is 1. The van der Waals surface area contributed by atoms with E-state index in [2.05, 4.69) is 52.2 Å². The van der Waals surface area contributed by atoms with Crippen molar-refractivity contribution in [3.63, 3.8) is 0 Å². The van der Waals surface area contributed by atoms with Crippen LogP contribution in [0.15, 0.2) is 164 Å². The van der Waals surface area contributed by atoms with E-state index in [1.807, 2.05) is 4.98 Å². The number of aliphatic carboxylic acids is 1. The summed E-state index contributed by atoms with van der Waals surface area (Å²) >= 11 is 0. The van der Waals surface area contributed by atoms with E-state index in [1.54, 1.807) is 112 Å². The van der Waals surface area contributed by atoms with Gasteiger partial charge in [-0.05, 0) is 55.7 Å². The molecule has 4 aromatic heterocycles. The number of amides is 8. The molecule has 3 aromatic carbocycles. The summed E-state index contributed by atoms with van der Waals surface area (Å²) in [5.41, 5.74) is -3.57. The number of carbonyl (C=O) groups is 9. The summed E-state index contributed by atoms with van der Waals surface area (Å²) in [4.78, 5) is 197. The van der Waals surface area contributed by atoms with Crippen molar-refractivity contribution in [3.8, 4) is 0 Å². The Balaban J connectivity index is 1.05. The first-order valence-corrected chi connectivity index (χ1v) is 30.9. The van der Waals surface area contributed by atoms with Crippen molar-refractivity contribution in [3.05, 3.63) is 209 Å². The molecule has 0 radical (unpaired) electrons. The number of aromatic nitrogens is 8. The third-order valence-corrected chi connectivity index (χ3v) is 13.6. The van der Waals surface area contributed by atoms with Gasteiger partial charge in [-0.3, -0.25) is 69.3 Å². The van der Waals surface area contributed by atoms with E-state index in [1.165, 1.54) is 18.2 Å². The van der Waals surface area contributed by atoms with Crippen molar-refractivity contribution in [2.45, 2.75) is 52.7 Å². The molecule has 0 atom stereocenters. The van der Waals surface area contributed by atoms with E-state index in [9.17, 15) is 72.2 Å². The summed E-state index contributed by atoms with van der Waals surface area (Å²) in [5.74, 6) is -5.26. The Hall–Kier alpha value is -13.2. The highest BCUT2D eigenvalue weighted by atomic mass is 16.6. The lowest BCUT2D eigenvalue weighted by Crippen LogP contribution is -2.54. The first kappa shape index (κ1) is 75.2. The van der Waals surface area contributed by atoms with Crippen molar-refractivity contribution in [2.24, 2.45) is 0 Å². The summed E-state index contributed by atoms with van der Waals surface area (Å²) < 4.78 is 24.5. The monoisotopic (exact) mass is 1400 g/mol. The normalized spacial score (nSPS) is 10.8. The Morgan fingerprint density at radius 2 is 0.822 bits per heavy atom. The molecule has 7 rings (SSSR count). The van der Waals surface area contributed by atoms with Gasteiger partial charge in [-0.2, -0.15) is 15.0 Å². The number of nitrogens with one attached hydrogen (secondary N) is 8. The van der Waals surface area contributed by atoms with Gasteiger partial charge in [-0.15, -0.1) is 0 Å². The van der Waals surface area contributed by atoms with Crippen LogP contribution >= 0.6 is 0 Å². The number of hydrogen-bond acceptors (Lipinski definition) is 24. The molecular formula is C63H73N19O19. The summed E-state index contributed by atoms with van der Waals surface area (Å²) in [6.45, 7) is -1.33. The van der Waals surface area contributed by atoms with Gasteiger partial charge in [0.2, 0.25) is 23.6 Å². The Bertz CT molecular complexity index is 4340. The number of hydrogen-bond donors (Lipinski definition) is 9. The van der Waals surface area contributed by atoms with E-state index in [4.69, 9.17) is 18.9 Å². The van der Waals surface area contributed by atoms with Gasteiger partial charge < -0.3 is 50.2 Å². The molecule has 0 saturated heterocycles. The second-order valence-electron chi connectivity index (χ2n) is 22.5. The largest absolute Gasteiger partial charge is 0.480 e. The molecule has 0 unspecified atom stereocenters. The highest BCUT2D eigenvalue weighted by Crippen LogP contribution is 2.10. The van der Waals surface area contributed by atoms with Crippen molar-refractivity contribution >= 4 is 71.4 Å². The Morgan fingerprint density at radius 3 is 1.18 bits per heavy atom. The zero-order valence-electron chi connectivity index (χ0n) is 54.8. The maximum absolute atomic E-state index is 14.0. The average molecular weight is 1400 g/mol. The van der Waals surface area contributed by atoms with Crippen LogP contribution in [0.3, 0.4) is 0 Å². The molecule has 9 N–H and O–H groups in total. The fourth-order valence-corrected chi connectivity index (χ4v) is 8.94. The molecule has 0 spiro atoms. The number of alkyl carbamates (subject to hydrolysis) is 1. The molecular weight excluding hydrogens is 1330 g/mol. The van der Waals surface area contributed by atoms with Gasteiger partial charge in [-0.1, -0.05) is 91.0 Å². The lowest BCUT2D eigenvalue weighted by Gasteiger charge is -2.28. The molecule has 534 valence electrons.